The van der Waals surface area contributed by atoms with Crippen LogP contribution in [0.4, 0.5) is 0 Å². The van der Waals surface area contributed by atoms with Crippen LogP contribution in [-0.2, 0) is 11.2 Å². The molecule has 0 fully saturated rings. The number of aryl methyl sites for hydroxylation is 1. The van der Waals surface area contributed by atoms with E-state index >= 15 is 0 Å². The van der Waals surface area contributed by atoms with Gasteiger partial charge in [-0.25, -0.2) is 9.78 Å². The lowest BCUT2D eigenvalue weighted by molar-refractivity contribution is 0.0520. The largest absolute Gasteiger partial charge is 0.508 e. The first-order valence-corrected chi connectivity index (χ1v) is 6.45. The van der Waals surface area contributed by atoms with Crippen LogP contribution in [0.1, 0.15) is 36.3 Å². The molecule has 0 aliphatic rings. The fourth-order valence-electron chi connectivity index (χ4n) is 2.07. The molecule has 2 aromatic rings. The molecule has 1 aromatic heterocycles. The average molecular weight is 259 g/mol. The highest BCUT2D eigenvalue weighted by Crippen LogP contribution is 2.24. The highest BCUT2D eigenvalue weighted by molar-refractivity contribution is 5.93. The summed E-state index contributed by atoms with van der Waals surface area (Å²) in [5.41, 5.74) is 2.03. The van der Waals surface area contributed by atoms with Crippen molar-refractivity contribution in [3.05, 3.63) is 35.5 Å². The zero-order chi connectivity index (χ0) is 13.8. The van der Waals surface area contributed by atoms with E-state index in [2.05, 4.69) is 11.9 Å². The molecule has 0 aliphatic carbocycles. The molecule has 0 spiro atoms. The van der Waals surface area contributed by atoms with Crippen molar-refractivity contribution in [3.63, 3.8) is 0 Å². The first-order valence-electron chi connectivity index (χ1n) is 6.45. The van der Waals surface area contributed by atoms with Crippen molar-refractivity contribution in [2.24, 2.45) is 0 Å². The Labute approximate surface area is 112 Å². The van der Waals surface area contributed by atoms with Gasteiger partial charge in [0.25, 0.3) is 0 Å². The molecule has 0 unspecified atom stereocenters. The number of phenols is 1. The van der Waals surface area contributed by atoms with E-state index in [1.54, 1.807) is 31.2 Å². The van der Waals surface area contributed by atoms with Gasteiger partial charge in [-0.3, -0.25) is 0 Å². The fraction of sp³-hybridized carbons (Fsp3) is 0.333. The van der Waals surface area contributed by atoms with Crippen molar-refractivity contribution >= 4 is 16.9 Å². The quantitative estimate of drug-likeness (QED) is 0.857. The molecule has 0 saturated heterocycles. The summed E-state index contributed by atoms with van der Waals surface area (Å²) in [6, 6.07) is 6.72. The number of esters is 1. The number of fused-ring (bicyclic) bond motifs is 1. The highest BCUT2D eigenvalue weighted by atomic mass is 16.5. The van der Waals surface area contributed by atoms with Crippen LogP contribution in [0.3, 0.4) is 0 Å². The Kier molecular flexibility index (Phi) is 4.00. The minimum Gasteiger partial charge on any atom is -0.508 e. The second-order valence-electron chi connectivity index (χ2n) is 4.34. The number of carbonyl (C=O) groups excluding carboxylic acids is 1. The van der Waals surface area contributed by atoms with Crippen LogP contribution in [0.15, 0.2) is 24.3 Å². The van der Waals surface area contributed by atoms with E-state index < -0.39 is 5.97 Å². The third-order valence-electron chi connectivity index (χ3n) is 2.88. The summed E-state index contributed by atoms with van der Waals surface area (Å²) in [6.45, 7) is 4.17. The normalized spacial score (nSPS) is 10.6. The Morgan fingerprint density at radius 2 is 2.11 bits per heavy atom. The Morgan fingerprint density at radius 1 is 1.32 bits per heavy atom. The van der Waals surface area contributed by atoms with Crippen LogP contribution in [0, 0.1) is 0 Å². The number of aromatic nitrogens is 1. The van der Waals surface area contributed by atoms with Crippen molar-refractivity contribution in [2.45, 2.75) is 26.7 Å². The summed E-state index contributed by atoms with van der Waals surface area (Å²) in [4.78, 5) is 16.1. The number of pyridine rings is 1. The molecule has 1 heterocycles. The number of hydrogen-bond donors (Lipinski definition) is 1. The van der Waals surface area contributed by atoms with Crippen molar-refractivity contribution in [2.75, 3.05) is 6.61 Å². The van der Waals surface area contributed by atoms with E-state index in [1.807, 2.05) is 0 Å². The zero-order valence-corrected chi connectivity index (χ0v) is 11.1. The van der Waals surface area contributed by atoms with Crippen LogP contribution in [0.25, 0.3) is 10.9 Å². The summed E-state index contributed by atoms with van der Waals surface area (Å²) in [6.07, 6.45) is 1.78. The van der Waals surface area contributed by atoms with Crippen molar-refractivity contribution in [1.82, 2.24) is 4.98 Å². The SMILES string of the molecule is CCCc1cc(C(=O)OCC)nc2ccc(O)cc12. The van der Waals surface area contributed by atoms with Gasteiger partial charge >= 0.3 is 5.97 Å². The van der Waals surface area contributed by atoms with Gasteiger partial charge in [0.05, 0.1) is 12.1 Å². The monoisotopic (exact) mass is 259 g/mol. The van der Waals surface area contributed by atoms with Gasteiger partial charge in [0.2, 0.25) is 0 Å². The average Bonchev–Trinajstić information content (AvgIpc) is 2.39. The first kappa shape index (κ1) is 13.3. The lowest BCUT2D eigenvalue weighted by Crippen LogP contribution is -2.08. The summed E-state index contributed by atoms with van der Waals surface area (Å²) < 4.78 is 4.98. The molecule has 0 radical (unpaired) electrons. The summed E-state index contributed by atoms with van der Waals surface area (Å²) in [5.74, 6) is -0.203. The molecule has 0 atom stereocenters. The molecule has 0 aliphatic heterocycles. The first-order chi connectivity index (χ1) is 9.15. The van der Waals surface area contributed by atoms with Gasteiger partial charge in [-0.15, -0.1) is 0 Å². The van der Waals surface area contributed by atoms with Gasteiger partial charge in [0, 0.05) is 5.39 Å². The number of rotatable bonds is 4. The molecule has 1 aromatic carbocycles. The molecule has 0 bridgehead atoms. The number of aromatic hydroxyl groups is 1. The van der Waals surface area contributed by atoms with Crippen molar-refractivity contribution in [1.29, 1.82) is 0 Å². The van der Waals surface area contributed by atoms with Crippen molar-refractivity contribution < 1.29 is 14.6 Å². The zero-order valence-electron chi connectivity index (χ0n) is 11.1. The topological polar surface area (TPSA) is 59.4 Å². The number of hydrogen-bond acceptors (Lipinski definition) is 4. The molecule has 0 amide bonds. The maximum absolute atomic E-state index is 11.8. The number of benzene rings is 1. The number of nitrogens with zero attached hydrogens (tertiary/aromatic N) is 1. The van der Waals surface area contributed by atoms with Crippen LogP contribution in [0.2, 0.25) is 0 Å². The number of ether oxygens (including phenoxy) is 1. The fourth-order valence-corrected chi connectivity index (χ4v) is 2.07. The third-order valence-corrected chi connectivity index (χ3v) is 2.88. The Bertz CT molecular complexity index is 608. The summed E-state index contributed by atoms with van der Waals surface area (Å²) >= 11 is 0. The minimum absolute atomic E-state index is 0.204. The minimum atomic E-state index is -0.408. The predicted molar refractivity (Wildman–Crippen MR) is 73.4 cm³/mol. The van der Waals surface area contributed by atoms with Crippen molar-refractivity contribution in [3.8, 4) is 5.75 Å². The van der Waals surface area contributed by atoms with Gasteiger partial charge in [0.15, 0.2) is 0 Å². The van der Waals surface area contributed by atoms with E-state index in [-0.39, 0.29) is 5.75 Å². The Balaban J connectivity index is 2.57. The summed E-state index contributed by atoms with van der Waals surface area (Å²) in [5, 5.41) is 10.5. The van der Waals surface area contributed by atoms with Crippen LogP contribution in [0.5, 0.6) is 5.75 Å². The number of phenolic OH excluding ortho intramolecular Hbond substituents is 1. The van der Waals surface area contributed by atoms with Crippen LogP contribution >= 0.6 is 0 Å². The molecular formula is C15H17NO3. The Hall–Kier alpha value is -2.10. The standard InChI is InChI=1S/C15H17NO3/c1-3-5-10-8-14(15(18)19-4-2)16-13-7-6-11(17)9-12(10)13/h6-9,17H,3-5H2,1-2H3. The lowest BCUT2D eigenvalue weighted by atomic mass is 10.0. The molecule has 19 heavy (non-hydrogen) atoms. The Morgan fingerprint density at radius 3 is 2.79 bits per heavy atom. The van der Waals surface area contributed by atoms with Gasteiger partial charge in [0.1, 0.15) is 11.4 Å². The van der Waals surface area contributed by atoms with E-state index in [4.69, 9.17) is 4.74 Å². The lowest BCUT2D eigenvalue weighted by Gasteiger charge is -2.09. The third kappa shape index (κ3) is 2.84. The van der Waals surface area contributed by atoms with E-state index in [0.717, 1.165) is 23.8 Å². The second-order valence-corrected chi connectivity index (χ2v) is 4.34. The molecule has 2 rings (SSSR count). The van der Waals surface area contributed by atoms with Gasteiger partial charge < -0.3 is 9.84 Å². The maximum Gasteiger partial charge on any atom is 0.356 e. The van der Waals surface area contributed by atoms with E-state index in [1.165, 1.54) is 0 Å². The maximum atomic E-state index is 11.8. The van der Waals surface area contributed by atoms with E-state index in [0.29, 0.717) is 17.8 Å². The second kappa shape index (κ2) is 5.69. The van der Waals surface area contributed by atoms with Crippen LogP contribution in [-0.4, -0.2) is 22.7 Å². The summed E-state index contributed by atoms with van der Waals surface area (Å²) in [7, 11) is 0. The molecular weight excluding hydrogens is 242 g/mol. The van der Waals surface area contributed by atoms with E-state index in [9.17, 15) is 9.90 Å². The molecule has 0 saturated carbocycles. The van der Waals surface area contributed by atoms with Gasteiger partial charge in [-0.05, 0) is 43.2 Å². The molecule has 4 nitrogen and oxygen atoms in total. The smallest absolute Gasteiger partial charge is 0.356 e. The highest BCUT2D eigenvalue weighted by Gasteiger charge is 2.13. The molecule has 4 heteroatoms. The molecule has 100 valence electrons. The van der Waals surface area contributed by atoms with Gasteiger partial charge in [-0.2, -0.15) is 0 Å². The van der Waals surface area contributed by atoms with Crippen LogP contribution < -0.4 is 0 Å². The molecule has 1 N–H and O–H groups in total. The predicted octanol–water partition coefficient (Wildman–Crippen LogP) is 3.07. The number of carbonyl (C=O) groups is 1. The van der Waals surface area contributed by atoms with Gasteiger partial charge in [-0.1, -0.05) is 13.3 Å².